The quantitative estimate of drug-likeness (QED) is 0.812. The molecule has 5 nitrogen and oxygen atoms in total. The minimum Gasteiger partial charge on any atom is -0.323 e. The Balaban J connectivity index is 2.33. The van der Waals surface area contributed by atoms with Crippen LogP contribution in [0.3, 0.4) is 0 Å². The number of nitrogens with zero attached hydrogens (tertiary/aromatic N) is 4. The standard InChI is InChI=1S/C14H18N4O/c1-3-13-12(8-10(2)16-17-13)14(19)18-7-5-4-6-11(18)9-15/h8,11H,3-7H2,1-2H3. The van der Waals surface area contributed by atoms with Crippen molar-refractivity contribution >= 4 is 5.91 Å². The summed E-state index contributed by atoms with van der Waals surface area (Å²) in [5, 5.41) is 17.2. The zero-order valence-corrected chi connectivity index (χ0v) is 11.4. The predicted molar refractivity (Wildman–Crippen MR) is 70.4 cm³/mol. The lowest BCUT2D eigenvalue weighted by Gasteiger charge is -2.31. The summed E-state index contributed by atoms with van der Waals surface area (Å²) >= 11 is 0. The van der Waals surface area contributed by atoms with Gasteiger partial charge in [0.15, 0.2) is 0 Å². The Morgan fingerprint density at radius 1 is 1.53 bits per heavy atom. The van der Waals surface area contributed by atoms with Crippen LogP contribution >= 0.6 is 0 Å². The number of carbonyl (C=O) groups is 1. The fraction of sp³-hybridized carbons (Fsp3) is 0.571. The van der Waals surface area contributed by atoms with E-state index in [1.807, 2.05) is 13.8 Å². The molecule has 0 N–H and O–H groups in total. The first-order chi connectivity index (χ1) is 9.17. The molecule has 1 aliphatic heterocycles. The van der Waals surface area contributed by atoms with Gasteiger partial charge in [0.1, 0.15) is 6.04 Å². The van der Waals surface area contributed by atoms with E-state index in [0.717, 1.165) is 25.0 Å². The molecule has 1 aromatic rings. The highest BCUT2D eigenvalue weighted by Crippen LogP contribution is 2.20. The number of hydrogen-bond donors (Lipinski definition) is 0. The third-order valence-corrected chi connectivity index (χ3v) is 3.47. The molecule has 0 bridgehead atoms. The fourth-order valence-electron chi connectivity index (χ4n) is 2.42. The summed E-state index contributed by atoms with van der Waals surface area (Å²) in [6.45, 7) is 4.43. The first-order valence-corrected chi connectivity index (χ1v) is 6.71. The van der Waals surface area contributed by atoms with Gasteiger partial charge < -0.3 is 4.90 Å². The van der Waals surface area contributed by atoms with Crippen molar-refractivity contribution in [1.29, 1.82) is 5.26 Å². The van der Waals surface area contributed by atoms with Crippen LogP contribution in [0.25, 0.3) is 0 Å². The van der Waals surface area contributed by atoms with Crippen LogP contribution < -0.4 is 0 Å². The molecule has 0 radical (unpaired) electrons. The molecule has 2 heterocycles. The van der Waals surface area contributed by atoms with Gasteiger partial charge in [0.2, 0.25) is 0 Å². The molecule has 1 unspecified atom stereocenters. The van der Waals surface area contributed by atoms with E-state index in [2.05, 4.69) is 16.3 Å². The molecule has 0 aliphatic carbocycles. The van der Waals surface area contributed by atoms with Gasteiger partial charge in [0.05, 0.1) is 23.0 Å². The third-order valence-electron chi connectivity index (χ3n) is 3.47. The second-order valence-electron chi connectivity index (χ2n) is 4.84. The maximum absolute atomic E-state index is 12.6. The summed E-state index contributed by atoms with van der Waals surface area (Å²) in [7, 11) is 0. The van der Waals surface area contributed by atoms with E-state index in [1.54, 1.807) is 11.0 Å². The highest BCUT2D eigenvalue weighted by atomic mass is 16.2. The van der Waals surface area contributed by atoms with E-state index in [4.69, 9.17) is 5.26 Å². The van der Waals surface area contributed by atoms with Gasteiger partial charge in [-0.2, -0.15) is 15.5 Å². The number of hydrogen-bond acceptors (Lipinski definition) is 4. The minimum absolute atomic E-state index is 0.0823. The topological polar surface area (TPSA) is 69.9 Å². The van der Waals surface area contributed by atoms with Crippen LogP contribution in [0.4, 0.5) is 0 Å². The smallest absolute Gasteiger partial charge is 0.256 e. The lowest BCUT2D eigenvalue weighted by atomic mass is 10.0. The normalized spacial score (nSPS) is 19.0. The van der Waals surface area contributed by atoms with Crippen LogP contribution in [0, 0.1) is 18.3 Å². The van der Waals surface area contributed by atoms with Gasteiger partial charge in [-0.25, -0.2) is 0 Å². The summed E-state index contributed by atoms with van der Waals surface area (Å²) in [4.78, 5) is 14.3. The Morgan fingerprint density at radius 2 is 2.32 bits per heavy atom. The summed E-state index contributed by atoms with van der Waals surface area (Å²) < 4.78 is 0. The Labute approximate surface area is 113 Å². The molecule has 1 amide bonds. The number of nitriles is 1. The van der Waals surface area contributed by atoms with Gasteiger partial charge in [0, 0.05) is 6.54 Å². The first-order valence-electron chi connectivity index (χ1n) is 6.71. The molecule has 100 valence electrons. The van der Waals surface area contributed by atoms with E-state index < -0.39 is 0 Å². The van der Waals surface area contributed by atoms with Gasteiger partial charge in [-0.1, -0.05) is 6.92 Å². The van der Waals surface area contributed by atoms with Crippen molar-refractivity contribution in [3.63, 3.8) is 0 Å². The molecule has 1 fully saturated rings. The predicted octanol–water partition coefficient (Wildman–Crippen LogP) is 1.87. The van der Waals surface area contributed by atoms with Crippen LogP contribution in [0.1, 0.15) is 47.9 Å². The number of aryl methyl sites for hydroxylation is 2. The van der Waals surface area contributed by atoms with E-state index >= 15 is 0 Å². The lowest BCUT2D eigenvalue weighted by Crippen LogP contribution is -2.43. The highest BCUT2D eigenvalue weighted by molar-refractivity contribution is 5.95. The molecule has 1 aliphatic rings. The van der Waals surface area contributed by atoms with Gasteiger partial charge in [-0.3, -0.25) is 4.79 Å². The van der Waals surface area contributed by atoms with Crippen molar-refractivity contribution in [3.05, 3.63) is 23.0 Å². The average Bonchev–Trinajstić information content (AvgIpc) is 2.46. The van der Waals surface area contributed by atoms with E-state index in [9.17, 15) is 4.79 Å². The Bertz CT molecular complexity index is 521. The number of rotatable bonds is 2. The summed E-state index contributed by atoms with van der Waals surface area (Å²) in [5.41, 5.74) is 2.03. The Morgan fingerprint density at radius 3 is 3.00 bits per heavy atom. The maximum Gasteiger partial charge on any atom is 0.256 e. The third kappa shape index (κ3) is 2.73. The Kier molecular flexibility index (Phi) is 4.10. The van der Waals surface area contributed by atoms with Crippen molar-refractivity contribution in [2.75, 3.05) is 6.54 Å². The van der Waals surface area contributed by atoms with Gasteiger partial charge in [-0.15, -0.1) is 0 Å². The number of amides is 1. The molecular weight excluding hydrogens is 240 g/mol. The maximum atomic E-state index is 12.6. The number of likely N-dealkylation sites (tertiary alicyclic amines) is 1. The summed E-state index contributed by atoms with van der Waals surface area (Å²) in [6, 6.07) is 3.69. The van der Waals surface area contributed by atoms with E-state index in [-0.39, 0.29) is 11.9 Å². The molecule has 5 heteroatoms. The number of aromatic nitrogens is 2. The minimum atomic E-state index is -0.306. The van der Waals surface area contributed by atoms with Gasteiger partial charge in [-0.05, 0) is 38.7 Å². The molecule has 0 aromatic carbocycles. The summed E-state index contributed by atoms with van der Waals surface area (Å²) in [6.07, 6.45) is 3.40. The van der Waals surface area contributed by atoms with Crippen LogP contribution in [0.2, 0.25) is 0 Å². The average molecular weight is 258 g/mol. The van der Waals surface area contributed by atoms with Crippen LogP contribution in [0.5, 0.6) is 0 Å². The van der Waals surface area contributed by atoms with Crippen LogP contribution in [-0.4, -0.2) is 33.6 Å². The lowest BCUT2D eigenvalue weighted by molar-refractivity contribution is 0.0668. The van der Waals surface area contributed by atoms with Crippen molar-refractivity contribution < 1.29 is 4.79 Å². The fourth-order valence-corrected chi connectivity index (χ4v) is 2.42. The van der Waals surface area contributed by atoms with Crippen molar-refractivity contribution in [3.8, 4) is 6.07 Å². The molecule has 2 rings (SSSR count). The molecule has 0 saturated carbocycles. The number of carbonyl (C=O) groups excluding carboxylic acids is 1. The highest BCUT2D eigenvalue weighted by Gasteiger charge is 2.28. The van der Waals surface area contributed by atoms with Crippen LogP contribution in [-0.2, 0) is 6.42 Å². The molecule has 1 atom stereocenters. The van der Waals surface area contributed by atoms with Crippen LogP contribution in [0.15, 0.2) is 6.07 Å². The number of piperidine rings is 1. The molecule has 19 heavy (non-hydrogen) atoms. The van der Waals surface area contributed by atoms with Gasteiger partial charge >= 0.3 is 0 Å². The molecule has 0 spiro atoms. The van der Waals surface area contributed by atoms with Crippen molar-refractivity contribution in [2.24, 2.45) is 0 Å². The largest absolute Gasteiger partial charge is 0.323 e. The van der Waals surface area contributed by atoms with Crippen molar-refractivity contribution in [2.45, 2.75) is 45.6 Å². The second-order valence-corrected chi connectivity index (χ2v) is 4.84. The monoisotopic (exact) mass is 258 g/mol. The zero-order chi connectivity index (χ0) is 13.8. The van der Waals surface area contributed by atoms with Gasteiger partial charge in [0.25, 0.3) is 5.91 Å². The second kappa shape index (κ2) is 5.79. The zero-order valence-electron chi connectivity index (χ0n) is 11.4. The van der Waals surface area contributed by atoms with E-state index in [0.29, 0.717) is 24.2 Å². The van der Waals surface area contributed by atoms with E-state index in [1.165, 1.54) is 0 Å². The molecule has 1 aromatic heterocycles. The Hall–Kier alpha value is -1.96. The molecular formula is C14H18N4O. The summed E-state index contributed by atoms with van der Waals surface area (Å²) in [5.74, 6) is -0.0823. The molecule has 1 saturated heterocycles. The first kappa shape index (κ1) is 13.5. The van der Waals surface area contributed by atoms with Crippen molar-refractivity contribution in [1.82, 2.24) is 15.1 Å². The SMILES string of the molecule is CCc1nnc(C)cc1C(=O)N1CCCCC1C#N.